The summed E-state index contributed by atoms with van der Waals surface area (Å²) in [6.07, 6.45) is -2.83. The molecular formula is C20H18F3N3. The molecule has 1 aromatic heterocycles. The van der Waals surface area contributed by atoms with E-state index in [1.54, 1.807) is 43.4 Å². The SMILES string of the molecule is CCc1ccc(N(C)c2nc(-c3ccccc3)ncc2C(F)(F)F)cc1. The zero-order valence-corrected chi connectivity index (χ0v) is 14.5. The van der Waals surface area contributed by atoms with Crippen molar-refractivity contribution in [3.8, 4) is 11.4 Å². The van der Waals surface area contributed by atoms with Crippen LogP contribution >= 0.6 is 0 Å². The maximum absolute atomic E-state index is 13.5. The third kappa shape index (κ3) is 3.69. The van der Waals surface area contributed by atoms with Crippen molar-refractivity contribution >= 4 is 11.5 Å². The summed E-state index contributed by atoms with van der Waals surface area (Å²) in [6, 6.07) is 16.3. The van der Waals surface area contributed by atoms with E-state index in [0.29, 0.717) is 11.3 Å². The van der Waals surface area contributed by atoms with Crippen LogP contribution < -0.4 is 4.90 Å². The van der Waals surface area contributed by atoms with Crippen LogP contribution in [0.1, 0.15) is 18.1 Å². The van der Waals surface area contributed by atoms with Gasteiger partial charge >= 0.3 is 6.18 Å². The van der Waals surface area contributed by atoms with Gasteiger partial charge in [-0.1, -0.05) is 49.4 Å². The molecule has 0 saturated carbocycles. The minimum absolute atomic E-state index is 0.171. The molecule has 0 N–H and O–H groups in total. The monoisotopic (exact) mass is 357 g/mol. The Kier molecular flexibility index (Phi) is 4.93. The van der Waals surface area contributed by atoms with Crippen LogP contribution in [-0.2, 0) is 12.6 Å². The lowest BCUT2D eigenvalue weighted by atomic mass is 10.1. The summed E-state index contributed by atoms with van der Waals surface area (Å²) >= 11 is 0. The highest BCUT2D eigenvalue weighted by Gasteiger charge is 2.36. The molecule has 0 unspecified atom stereocenters. The minimum Gasteiger partial charge on any atom is -0.329 e. The molecule has 0 aliphatic rings. The van der Waals surface area contributed by atoms with E-state index in [2.05, 4.69) is 9.97 Å². The number of nitrogens with zero attached hydrogens (tertiary/aromatic N) is 3. The highest BCUT2D eigenvalue weighted by atomic mass is 19.4. The lowest BCUT2D eigenvalue weighted by molar-refractivity contribution is -0.137. The van der Waals surface area contributed by atoms with Crippen LogP contribution in [0, 0.1) is 0 Å². The van der Waals surface area contributed by atoms with E-state index in [0.717, 1.165) is 18.2 Å². The summed E-state index contributed by atoms with van der Waals surface area (Å²) in [6.45, 7) is 2.02. The molecule has 0 radical (unpaired) electrons. The Morgan fingerprint density at radius 1 is 0.962 bits per heavy atom. The Balaban J connectivity index is 2.09. The van der Waals surface area contributed by atoms with Gasteiger partial charge < -0.3 is 4.90 Å². The molecule has 3 rings (SSSR count). The fraction of sp³-hybridized carbons (Fsp3) is 0.200. The molecule has 3 nitrogen and oxygen atoms in total. The first-order valence-corrected chi connectivity index (χ1v) is 8.22. The first kappa shape index (κ1) is 17.9. The molecule has 3 aromatic rings. The number of aryl methyl sites for hydroxylation is 1. The van der Waals surface area contributed by atoms with Crippen LogP contribution in [0.15, 0.2) is 60.8 Å². The van der Waals surface area contributed by atoms with Gasteiger partial charge in [-0.05, 0) is 24.1 Å². The molecule has 0 fully saturated rings. The zero-order chi connectivity index (χ0) is 18.7. The Bertz CT molecular complexity index is 875. The number of benzene rings is 2. The quantitative estimate of drug-likeness (QED) is 0.618. The molecule has 0 aliphatic heterocycles. The van der Waals surface area contributed by atoms with Crippen molar-refractivity contribution in [2.75, 3.05) is 11.9 Å². The van der Waals surface area contributed by atoms with Gasteiger partial charge in [-0.3, -0.25) is 0 Å². The van der Waals surface area contributed by atoms with Gasteiger partial charge in [-0.2, -0.15) is 13.2 Å². The normalized spacial score (nSPS) is 11.4. The molecule has 1 heterocycles. The van der Waals surface area contributed by atoms with Crippen molar-refractivity contribution in [2.45, 2.75) is 19.5 Å². The van der Waals surface area contributed by atoms with Gasteiger partial charge in [-0.25, -0.2) is 9.97 Å². The van der Waals surface area contributed by atoms with E-state index in [4.69, 9.17) is 0 Å². The summed E-state index contributed by atoms with van der Waals surface area (Å²) in [5.41, 5.74) is 1.55. The van der Waals surface area contributed by atoms with Gasteiger partial charge in [-0.15, -0.1) is 0 Å². The van der Waals surface area contributed by atoms with E-state index in [1.165, 1.54) is 4.90 Å². The highest BCUT2D eigenvalue weighted by Crippen LogP contribution is 2.37. The second kappa shape index (κ2) is 7.15. The van der Waals surface area contributed by atoms with Crippen molar-refractivity contribution in [1.82, 2.24) is 9.97 Å². The number of anilines is 2. The van der Waals surface area contributed by atoms with Crippen LogP contribution in [0.25, 0.3) is 11.4 Å². The van der Waals surface area contributed by atoms with Gasteiger partial charge in [0.05, 0.1) is 0 Å². The predicted molar refractivity (Wildman–Crippen MR) is 96.4 cm³/mol. The van der Waals surface area contributed by atoms with Crippen molar-refractivity contribution in [3.63, 3.8) is 0 Å². The van der Waals surface area contributed by atoms with Crippen LogP contribution in [0.4, 0.5) is 24.7 Å². The van der Waals surface area contributed by atoms with Crippen molar-refractivity contribution in [2.24, 2.45) is 0 Å². The van der Waals surface area contributed by atoms with E-state index >= 15 is 0 Å². The van der Waals surface area contributed by atoms with E-state index in [9.17, 15) is 13.2 Å². The van der Waals surface area contributed by atoms with Gasteiger partial charge in [0.2, 0.25) is 0 Å². The zero-order valence-electron chi connectivity index (χ0n) is 14.5. The van der Waals surface area contributed by atoms with Crippen molar-refractivity contribution < 1.29 is 13.2 Å². The average Bonchev–Trinajstić information content (AvgIpc) is 2.67. The molecule has 0 spiro atoms. The third-order valence-electron chi connectivity index (χ3n) is 4.16. The second-order valence-corrected chi connectivity index (χ2v) is 5.87. The van der Waals surface area contributed by atoms with Crippen LogP contribution in [0.3, 0.4) is 0 Å². The number of aromatic nitrogens is 2. The molecule has 26 heavy (non-hydrogen) atoms. The maximum Gasteiger partial charge on any atom is 0.421 e. The predicted octanol–water partition coefficient (Wildman–Crippen LogP) is 5.49. The minimum atomic E-state index is -4.54. The average molecular weight is 357 g/mol. The Morgan fingerprint density at radius 3 is 2.19 bits per heavy atom. The van der Waals surface area contributed by atoms with Gasteiger partial charge in [0.1, 0.15) is 11.4 Å². The molecule has 0 aliphatic carbocycles. The highest BCUT2D eigenvalue weighted by molar-refractivity contribution is 5.66. The third-order valence-corrected chi connectivity index (χ3v) is 4.16. The lowest BCUT2D eigenvalue weighted by Gasteiger charge is -2.23. The summed E-state index contributed by atoms with van der Waals surface area (Å²) < 4.78 is 40.4. The van der Waals surface area contributed by atoms with Crippen LogP contribution in [-0.4, -0.2) is 17.0 Å². The van der Waals surface area contributed by atoms with Crippen molar-refractivity contribution in [1.29, 1.82) is 0 Å². The topological polar surface area (TPSA) is 29.0 Å². The molecule has 2 aromatic carbocycles. The van der Waals surface area contributed by atoms with E-state index in [1.807, 2.05) is 25.1 Å². The summed E-state index contributed by atoms with van der Waals surface area (Å²) in [5, 5.41) is 0. The van der Waals surface area contributed by atoms with Crippen LogP contribution in [0.5, 0.6) is 0 Å². The number of hydrogen-bond acceptors (Lipinski definition) is 3. The molecule has 0 atom stereocenters. The number of alkyl halides is 3. The Labute approximate surface area is 150 Å². The first-order valence-electron chi connectivity index (χ1n) is 8.22. The largest absolute Gasteiger partial charge is 0.421 e. The Hall–Kier alpha value is -2.89. The summed E-state index contributed by atoms with van der Waals surface area (Å²) in [7, 11) is 1.58. The second-order valence-electron chi connectivity index (χ2n) is 5.87. The fourth-order valence-electron chi connectivity index (χ4n) is 2.63. The molecule has 6 heteroatoms. The number of halogens is 3. The molecule has 0 bridgehead atoms. The van der Waals surface area contributed by atoms with Gasteiger partial charge in [0.15, 0.2) is 5.82 Å². The van der Waals surface area contributed by atoms with E-state index < -0.39 is 11.7 Å². The van der Waals surface area contributed by atoms with Gasteiger partial charge in [0.25, 0.3) is 0 Å². The number of rotatable bonds is 4. The molecule has 0 amide bonds. The smallest absolute Gasteiger partial charge is 0.329 e. The summed E-state index contributed by atoms with van der Waals surface area (Å²) in [4.78, 5) is 9.59. The number of hydrogen-bond donors (Lipinski definition) is 0. The molecule has 0 saturated heterocycles. The maximum atomic E-state index is 13.5. The fourth-order valence-corrected chi connectivity index (χ4v) is 2.63. The summed E-state index contributed by atoms with van der Waals surface area (Å²) in [5.74, 6) is 0.0845. The van der Waals surface area contributed by atoms with Crippen molar-refractivity contribution in [3.05, 3.63) is 71.9 Å². The van der Waals surface area contributed by atoms with E-state index in [-0.39, 0.29) is 11.6 Å². The van der Waals surface area contributed by atoms with Crippen LogP contribution in [0.2, 0.25) is 0 Å². The van der Waals surface area contributed by atoms with Gasteiger partial charge in [0, 0.05) is 24.5 Å². The Morgan fingerprint density at radius 2 is 1.62 bits per heavy atom. The first-order chi connectivity index (χ1) is 12.4. The standard InChI is InChI=1S/C20H18F3N3/c1-3-14-9-11-16(12-10-14)26(2)19-17(20(21,22)23)13-24-18(25-19)15-7-5-4-6-8-15/h4-13H,3H2,1-2H3. The molecular weight excluding hydrogens is 339 g/mol. The lowest BCUT2D eigenvalue weighted by Crippen LogP contribution is -2.19. The molecule has 134 valence electrons.